The molecule has 8 nitrogen and oxygen atoms in total. The van der Waals surface area contributed by atoms with Crippen molar-refractivity contribution in [2.75, 3.05) is 33.3 Å². The van der Waals surface area contributed by atoms with Crippen LogP contribution in [0.2, 0.25) is 0 Å². The lowest BCUT2D eigenvalue weighted by molar-refractivity contribution is 0.143. The minimum Gasteiger partial charge on any atom is -0.474 e. The first-order valence-electron chi connectivity index (χ1n) is 10.7. The van der Waals surface area contributed by atoms with Gasteiger partial charge in [-0.25, -0.2) is 31.6 Å². The van der Waals surface area contributed by atoms with Crippen molar-refractivity contribution in [3.63, 3.8) is 0 Å². The molecule has 2 aromatic rings. The zero-order valence-corrected chi connectivity index (χ0v) is 20.4. The average Bonchev–Trinajstić information content (AvgIpc) is 2.80. The molecular weight excluding hydrogens is 485 g/mol. The normalized spacial score (nSPS) is 23.1. The number of aliphatic imine (C=N–C) groups is 1. The number of alkyl halides is 1. The van der Waals surface area contributed by atoms with Gasteiger partial charge in [-0.05, 0) is 43.5 Å². The van der Waals surface area contributed by atoms with Crippen LogP contribution in [0, 0.1) is 5.82 Å². The van der Waals surface area contributed by atoms with Gasteiger partial charge in [-0.15, -0.1) is 0 Å². The van der Waals surface area contributed by atoms with Gasteiger partial charge in [-0.2, -0.15) is 0 Å². The zero-order valence-electron chi connectivity index (χ0n) is 19.6. The maximum Gasteiger partial charge on any atom is 0.232 e. The fraction of sp³-hybridized carbons (Fsp3) is 0.435. The molecule has 0 bridgehead atoms. The number of halogens is 3. The Morgan fingerprint density at radius 2 is 1.97 bits per heavy atom. The molecule has 0 amide bonds. The smallest absolute Gasteiger partial charge is 0.232 e. The van der Waals surface area contributed by atoms with Crippen molar-refractivity contribution in [3.05, 3.63) is 53.2 Å². The Labute approximate surface area is 202 Å². The van der Waals surface area contributed by atoms with E-state index in [2.05, 4.69) is 15.0 Å². The summed E-state index contributed by atoms with van der Waals surface area (Å²) in [6, 6.07) is 3.91. The van der Waals surface area contributed by atoms with Gasteiger partial charge in [-0.3, -0.25) is 4.99 Å². The summed E-state index contributed by atoms with van der Waals surface area (Å²) in [6.45, 7) is 0.969. The summed E-state index contributed by atoms with van der Waals surface area (Å²) in [6.07, 6.45) is 4.37. The van der Waals surface area contributed by atoms with E-state index in [9.17, 15) is 21.6 Å². The molecule has 2 N–H and O–H groups in total. The summed E-state index contributed by atoms with van der Waals surface area (Å²) in [7, 11) is -2.38. The van der Waals surface area contributed by atoms with Crippen LogP contribution in [0.1, 0.15) is 36.6 Å². The highest BCUT2D eigenvalue weighted by atomic mass is 32.2. The van der Waals surface area contributed by atoms with Crippen molar-refractivity contribution in [3.8, 4) is 5.88 Å². The first-order chi connectivity index (χ1) is 16.5. The van der Waals surface area contributed by atoms with Crippen molar-refractivity contribution in [2.45, 2.75) is 30.1 Å². The molecule has 190 valence electrons. The number of rotatable bonds is 9. The molecule has 0 unspecified atom stereocenters. The number of benzene rings is 1. The minimum absolute atomic E-state index is 0.0211. The Hall–Kier alpha value is -2.99. The van der Waals surface area contributed by atoms with Gasteiger partial charge in [0.2, 0.25) is 5.88 Å². The molecule has 0 saturated heterocycles. The van der Waals surface area contributed by atoms with E-state index in [4.69, 9.17) is 15.2 Å². The van der Waals surface area contributed by atoms with E-state index < -0.39 is 44.3 Å². The lowest BCUT2D eigenvalue weighted by Gasteiger charge is -2.39. The Morgan fingerprint density at radius 1 is 1.23 bits per heavy atom. The molecular formula is C23H27F3N4O4S. The number of sulfone groups is 1. The average molecular weight is 513 g/mol. The second-order valence-electron chi connectivity index (χ2n) is 8.48. The SMILES string of the molecule is COCCOc1cnc(/C(F)=C/c2ccc(F)c([C@]3(C)CC[C@@](CF)(S(C)(=O)=O)C(N)=N3)c2)cn1. The van der Waals surface area contributed by atoms with Crippen molar-refractivity contribution < 1.29 is 31.1 Å². The monoisotopic (exact) mass is 512 g/mol. The molecule has 0 fully saturated rings. The first-order valence-corrected chi connectivity index (χ1v) is 12.6. The molecule has 0 aliphatic carbocycles. The molecule has 0 saturated carbocycles. The number of nitrogens with two attached hydrogens (primary N) is 1. The Bertz CT molecular complexity index is 1240. The van der Waals surface area contributed by atoms with Gasteiger partial charge in [0.15, 0.2) is 20.4 Å². The summed E-state index contributed by atoms with van der Waals surface area (Å²) in [5.41, 5.74) is 4.99. The van der Waals surface area contributed by atoms with Crippen LogP contribution >= 0.6 is 0 Å². The Morgan fingerprint density at radius 3 is 2.54 bits per heavy atom. The Balaban J connectivity index is 1.90. The van der Waals surface area contributed by atoms with E-state index >= 15 is 0 Å². The van der Waals surface area contributed by atoms with Gasteiger partial charge in [0.05, 0.1) is 24.5 Å². The topological polar surface area (TPSA) is 117 Å². The molecule has 3 rings (SSSR count). The second-order valence-corrected chi connectivity index (χ2v) is 10.8. The van der Waals surface area contributed by atoms with Crippen LogP contribution in [0.25, 0.3) is 11.9 Å². The quantitative estimate of drug-likeness (QED) is 0.513. The van der Waals surface area contributed by atoms with Crippen LogP contribution in [0.15, 0.2) is 35.6 Å². The van der Waals surface area contributed by atoms with Crippen LogP contribution in [0.5, 0.6) is 5.88 Å². The van der Waals surface area contributed by atoms with Crippen LogP contribution in [0.4, 0.5) is 13.2 Å². The molecule has 12 heteroatoms. The van der Waals surface area contributed by atoms with Crippen LogP contribution < -0.4 is 10.5 Å². The predicted molar refractivity (Wildman–Crippen MR) is 127 cm³/mol. The maximum absolute atomic E-state index is 14.8. The number of amidine groups is 1. The van der Waals surface area contributed by atoms with Crippen molar-refractivity contribution in [1.82, 2.24) is 9.97 Å². The van der Waals surface area contributed by atoms with Crippen molar-refractivity contribution >= 4 is 27.6 Å². The summed E-state index contributed by atoms with van der Waals surface area (Å²) in [5.74, 6) is -1.55. The van der Waals surface area contributed by atoms with E-state index in [0.29, 0.717) is 12.2 Å². The number of hydrogen-bond donors (Lipinski definition) is 1. The van der Waals surface area contributed by atoms with Gasteiger partial charge in [-0.1, -0.05) is 6.07 Å². The van der Waals surface area contributed by atoms with E-state index in [0.717, 1.165) is 18.4 Å². The maximum atomic E-state index is 14.8. The second kappa shape index (κ2) is 10.3. The molecule has 1 aromatic heterocycles. The predicted octanol–water partition coefficient (Wildman–Crippen LogP) is 3.23. The summed E-state index contributed by atoms with van der Waals surface area (Å²) < 4.78 is 76.1. The molecule has 35 heavy (non-hydrogen) atoms. The van der Waals surface area contributed by atoms with Gasteiger partial charge >= 0.3 is 0 Å². The van der Waals surface area contributed by atoms with Crippen molar-refractivity contribution in [1.29, 1.82) is 0 Å². The summed E-state index contributed by atoms with van der Waals surface area (Å²) in [5, 5.41) is 0. The molecule has 1 aromatic carbocycles. The standard InChI is InChI=1S/C23H27F3N4O4S/c1-22(6-7-23(14-24,21(27)30-22)35(3,31)32)16-10-15(4-5-17(16)25)11-18(26)19-12-29-20(13-28-19)34-9-8-33-2/h4-5,10-13H,6-9,14H2,1-3H3,(H2,27,30)/b18-11-/t22-,23-/m0/s1. The Kier molecular flexibility index (Phi) is 7.85. The molecule has 1 aliphatic rings. The van der Waals surface area contributed by atoms with Gasteiger partial charge in [0.1, 0.15) is 30.6 Å². The van der Waals surface area contributed by atoms with Gasteiger partial charge in [0.25, 0.3) is 0 Å². The van der Waals surface area contributed by atoms with Gasteiger partial charge in [0, 0.05) is 18.9 Å². The first kappa shape index (κ1) is 26.6. The number of aromatic nitrogens is 2. The lowest BCUT2D eigenvalue weighted by atomic mass is 9.81. The number of nitrogens with zero attached hydrogens (tertiary/aromatic N) is 3. The molecule has 0 spiro atoms. The van der Waals surface area contributed by atoms with Crippen LogP contribution in [-0.4, -0.2) is 62.2 Å². The third-order valence-corrected chi connectivity index (χ3v) is 7.99. The van der Waals surface area contributed by atoms with E-state index in [1.54, 1.807) is 6.92 Å². The number of ether oxygens (including phenoxy) is 2. The number of methoxy groups -OCH3 is 1. The van der Waals surface area contributed by atoms with Crippen LogP contribution in [0.3, 0.4) is 0 Å². The van der Waals surface area contributed by atoms with E-state index in [1.165, 1.54) is 31.6 Å². The molecule has 1 aliphatic heterocycles. The summed E-state index contributed by atoms with van der Waals surface area (Å²) in [4.78, 5) is 12.2. The fourth-order valence-electron chi connectivity index (χ4n) is 3.81. The third-order valence-electron chi connectivity index (χ3n) is 6.05. The van der Waals surface area contributed by atoms with E-state index in [-0.39, 0.29) is 36.6 Å². The highest BCUT2D eigenvalue weighted by Crippen LogP contribution is 2.42. The zero-order chi connectivity index (χ0) is 25.9. The number of hydrogen-bond acceptors (Lipinski definition) is 8. The van der Waals surface area contributed by atoms with Crippen molar-refractivity contribution in [2.24, 2.45) is 10.7 Å². The third kappa shape index (κ3) is 5.48. The minimum atomic E-state index is -3.91. The van der Waals surface area contributed by atoms with Crippen LogP contribution in [-0.2, 0) is 20.1 Å². The largest absolute Gasteiger partial charge is 0.474 e. The summed E-state index contributed by atoms with van der Waals surface area (Å²) >= 11 is 0. The van der Waals surface area contributed by atoms with Gasteiger partial charge < -0.3 is 15.2 Å². The molecule has 2 heterocycles. The lowest BCUT2D eigenvalue weighted by Crippen LogP contribution is -2.56. The highest BCUT2D eigenvalue weighted by Gasteiger charge is 2.51. The fourth-order valence-corrected chi connectivity index (χ4v) is 4.91. The highest BCUT2D eigenvalue weighted by molar-refractivity contribution is 7.93. The van der Waals surface area contributed by atoms with E-state index in [1.807, 2.05) is 0 Å². The molecule has 2 atom stereocenters. The molecule has 0 radical (unpaired) electrons.